The highest BCUT2D eigenvalue weighted by atomic mass is 15.2. The summed E-state index contributed by atoms with van der Waals surface area (Å²) in [5, 5.41) is 3.55. The average molecular weight is 230 g/mol. The van der Waals surface area contributed by atoms with E-state index < -0.39 is 0 Å². The van der Waals surface area contributed by atoms with E-state index in [9.17, 15) is 0 Å². The number of fused-ring (bicyclic) bond motifs is 2. The summed E-state index contributed by atoms with van der Waals surface area (Å²) in [4.78, 5) is 2.64. The van der Waals surface area contributed by atoms with Crippen molar-refractivity contribution in [3.05, 3.63) is 35.4 Å². The molecule has 2 nitrogen and oxygen atoms in total. The number of hydrogen-bond acceptors (Lipinski definition) is 2. The van der Waals surface area contributed by atoms with E-state index in [0.717, 1.165) is 18.4 Å². The molecular formula is C15H22N2. The Morgan fingerprint density at radius 1 is 1.12 bits per heavy atom. The number of piperidine rings is 2. The largest absolute Gasteiger partial charge is 0.316 e. The van der Waals surface area contributed by atoms with E-state index in [0.29, 0.717) is 0 Å². The lowest BCUT2D eigenvalue weighted by molar-refractivity contribution is 0.0917. The highest BCUT2D eigenvalue weighted by molar-refractivity contribution is 5.21. The number of benzene rings is 1. The standard InChI is InChI=1S/C15H22N2/c1-12-2-4-13(5-3-12)9-17-10-14-6-15(11-17)8-16-7-14/h2-5,14-16H,6-11H2,1H3. The van der Waals surface area contributed by atoms with Crippen molar-refractivity contribution in [2.45, 2.75) is 19.9 Å². The molecule has 0 radical (unpaired) electrons. The molecule has 1 aromatic carbocycles. The van der Waals surface area contributed by atoms with Crippen LogP contribution in [0.4, 0.5) is 0 Å². The van der Waals surface area contributed by atoms with Gasteiger partial charge in [0.2, 0.25) is 0 Å². The average Bonchev–Trinajstić information content (AvgIpc) is 2.32. The normalized spacial score (nSPS) is 29.2. The van der Waals surface area contributed by atoms with Crippen molar-refractivity contribution in [1.29, 1.82) is 0 Å². The Balaban J connectivity index is 1.63. The van der Waals surface area contributed by atoms with Crippen molar-refractivity contribution < 1.29 is 0 Å². The topological polar surface area (TPSA) is 15.3 Å². The minimum Gasteiger partial charge on any atom is -0.316 e. The first-order valence-electron chi connectivity index (χ1n) is 6.78. The molecule has 2 fully saturated rings. The Bertz CT molecular complexity index is 359. The number of likely N-dealkylation sites (tertiary alicyclic amines) is 1. The quantitative estimate of drug-likeness (QED) is 0.836. The molecule has 2 saturated heterocycles. The molecule has 2 bridgehead atoms. The van der Waals surface area contributed by atoms with E-state index in [1.807, 2.05) is 0 Å². The summed E-state index contributed by atoms with van der Waals surface area (Å²) in [6.07, 6.45) is 1.44. The van der Waals surface area contributed by atoms with E-state index in [1.165, 1.54) is 43.7 Å². The summed E-state index contributed by atoms with van der Waals surface area (Å²) in [6, 6.07) is 9.00. The minimum atomic E-state index is 0.882. The van der Waals surface area contributed by atoms with Crippen LogP contribution in [-0.4, -0.2) is 31.1 Å². The van der Waals surface area contributed by atoms with Gasteiger partial charge in [0.05, 0.1) is 0 Å². The molecule has 2 heteroatoms. The van der Waals surface area contributed by atoms with Crippen molar-refractivity contribution in [2.24, 2.45) is 11.8 Å². The van der Waals surface area contributed by atoms with Gasteiger partial charge in [-0.2, -0.15) is 0 Å². The molecule has 0 spiro atoms. The molecule has 2 atom stereocenters. The summed E-state index contributed by atoms with van der Waals surface area (Å²) < 4.78 is 0. The predicted octanol–water partition coefficient (Wildman–Crippen LogP) is 2.04. The second-order valence-corrected chi connectivity index (χ2v) is 5.81. The number of nitrogens with zero attached hydrogens (tertiary/aromatic N) is 1. The van der Waals surface area contributed by atoms with E-state index in [2.05, 4.69) is 41.4 Å². The van der Waals surface area contributed by atoms with E-state index in [4.69, 9.17) is 0 Å². The van der Waals surface area contributed by atoms with Crippen molar-refractivity contribution in [2.75, 3.05) is 26.2 Å². The number of rotatable bonds is 2. The second kappa shape index (κ2) is 4.79. The molecule has 0 aliphatic carbocycles. The van der Waals surface area contributed by atoms with Gasteiger partial charge in [-0.25, -0.2) is 0 Å². The van der Waals surface area contributed by atoms with Crippen LogP contribution in [-0.2, 0) is 6.54 Å². The van der Waals surface area contributed by atoms with E-state index in [1.54, 1.807) is 0 Å². The van der Waals surface area contributed by atoms with Crippen LogP contribution in [0.25, 0.3) is 0 Å². The molecule has 0 saturated carbocycles. The molecule has 2 aliphatic heterocycles. The first-order valence-corrected chi connectivity index (χ1v) is 6.78. The fourth-order valence-corrected chi connectivity index (χ4v) is 3.29. The van der Waals surface area contributed by atoms with Crippen molar-refractivity contribution >= 4 is 0 Å². The van der Waals surface area contributed by atoms with Gasteiger partial charge in [-0.3, -0.25) is 4.90 Å². The van der Waals surface area contributed by atoms with E-state index >= 15 is 0 Å². The maximum Gasteiger partial charge on any atom is 0.0233 e. The van der Waals surface area contributed by atoms with Crippen LogP contribution in [0.15, 0.2) is 24.3 Å². The minimum absolute atomic E-state index is 0.882. The van der Waals surface area contributed by atoms with Crippen LogP contribution in [0.2, 0.25) is 0 Å². The van der Waals surface area contributed by atoms with Crippen LogP contribution in [0.1, 0.15) is 17.5 Å². The molecule has 3 rings (SSSR count). The highest BCUT2D eigenvalue weighted by Crippen LogP contribution is 2.25. The summed E-state index contributed by atoms with van der Waals surface area (Å²) in [5.74, 6) is 1.76. The van der Waals surface area contributed by atoms with Crippen molar-refractivity contribution in [1.82, 2.24) is 10.2 Å². The number of hydrogen-bond donors (Lipinski definition) is 1. The molecule has 0 aromatic heterocycles. The molecule has 0 amide bonds. The van der Waals surface area contributed by atoms with E-state index in [-0.39, 0.29) is 0 Å². The van der Waals surface area contributed by atoms with Crippen LogP contribution in [0, 0.1) is 18.8 Å². The monoisotopic (exact) mass is 230 g/mol. The maximum absolute atomic E-state index is 3.55. The summed E-state index contributed by atoms with van der Waals surface area (Å²) >= 11 is 0. The third kappa shape index (κ3) is 2.70. The van der Waals surface area contributed by atoms with Crippen LogP contribution < -0.4 is 5.32 Å². The fourth-order valence-electron chi connectivity index (χ4n) is 3.29. The molecule has 1 aromatic rings. The molecule has 2 heterocycles. The van der Waals surface area contributed by atoms with Crippen LogP contribution in [0.3, 0.4) is 0 Å². The Morgan fingerprint density at radius 2 is 1.76 bits per heavy atom. The zero-order valence-electron chi connectivity index (χ0n) is 10.7. The summed E-state index contributed by atoms with van der Waals surface area (Å²) in [7, 11) is 0. The lowest BCUT2D eigenvalue weighted by atomic mass is 9.85. The summed E-state index contributed by atoms with van der Waals surface area (Å²) in [5.41, 5.74) is 2.82. The maximum atomic E-state index is 3.55. The van der Waals surface area contributed by atoms with Crippen molar-refractivity contribution in [3.63, 3.8) is 0 Å². The lowest BCUT2D eigenvalue weighted by Gasteiger charge is -2.41. The first-order chi connectivity index (χ1) is 8.29. The Kier molecular flexibility index (Phi) is 3.17. The van der Waals surface area contributed by atoms with Gasteiger partial charge in [-0.15, -0.1) is 0 Å². The highest BCUT2D eigenvalue weighted by Gasteiger charge is 2.29. The molecule has 2 aliphatic rings. The number of nitrogens with one attached hydrogen (secondary N) is 1. The van der Waals surface area contributed by atoms with Gasteiger partial charge in [-0.05, 0) is 43.8 Å². The third-order valence-corrected chi connectivity index (χ3v) is 4.09. The van der Waals surface area contributed by atoms with Gasteiger partial charge < -0.3 is 5.32 Å². The summed E-state index contributed by atoms with van der Waals surface area (Å²) in [6.45, 7) is 8.28. The van der Waals surface area contributed by atoms with Gasteiger partial charge in [0.15, 0.2) is 0 Å². The Labute approximate surface area is 104 Å². The third-order valence-electron chi connectivity index (χ3n) is 4.09. The molecule has 2 unspecified atom stereocenters. The lowest BCUT2D eigenvalue weighted by Crippen LogP contribution is -2.50. The molecule has 1 N–H and O–H groups in total. The zero-order chi connectivity index (χ0) is 11.7. The van der Waals surface area contributed by atoms with Gasteiger partial charge in [0.1, 0.15) is 0 Å². The van der Waals surface area contributed by atoms with Gasteiger partial charge >= 0.3 is 0 Å². The van der Waals surface area contributed by atoms with Crippen LogP contribution in [0.5, 0.6) is 0 Å². The fraction of sp³-hybridized carbons (Fsp3) is 0.600. The van der Waals surface area contributed by atoms with Gasteiger partial charge in [0.25, 0.3) is 0 Å². The first kappa shape index (κ1) is 11.2. The smallest absolute Gasteiger partial charge is 0.0233 e. The van der Waals surface area contributed by atoms with Gasteiger partial charge in [-0.1, -0.05) is 29.8 Å². The Morgan fingerprint density at radius 3 is 2.41 bits per heavy atom. The Hall–Kier alpha value is -0.860. The predicted molar refractivity (Wildman–Crippen MR) is 70.9 cm³/mol. The van der Waals surface area contributed by atoms with Crippen molar-refractivity contribution in [3.8, 4) is 0 Å². The SMILES string of the molecule is Cc1ccc(CN2CC3CNCC(C3)C2)cc1. The zero-order valence-corrected chi connectivity index (χ0v) is 10.7. The molecule has 17 heavy (non-hydrogen) atoms. The van der Waals surface area contributed by atoms with Gasteiger partial charge in [0, 0.05) is 19.6 Å². The second-order valence-electron chi connectivity index (χ2n) is 5.81. The molecule has 92 valence electrons. The number of aryl methyl sites for hydroxylation is 1. The van der Waals surface area contributed by atoms with Crippen LogP contribution >= 0.6 is 0 Å². The molecular weight excluding hydrogens is 208 g/mol.